The minimum Gasteiger partial charge on any atom is -0.493 e. The van der Waals surface area contributed by atoms with Crippen molar-refractivity contribution in [3.05, 3.63) is 58.1 Å². The number of likely N-dealkylation sites (N-methyl/N-ethyl adjacent to an activating group) is 1. The van der Waals surface area contributed by atoms with Gasteiger partial charge in [-0.25, -0.2) is 0 Å². The van der Waals surface area contributed by atoms with Gasteiger partial charge in [0, 0.05) is 12.1 Å². The quantitative estimate of drug-likeness (QED) is 0.512. The van der Waals surface area contributed by atoms with E-state index in [1.807, 2.05) is 18.4 Å². The van der Waals surface area contributed by atoms with Gasteiger partial charge >= 0.3 is 0 Å². The van der Waals surface area contributed by atoms with Gasteiger partial charge in [0.25, 0.3) is 5.91 Å². The van der Waals surface area contributed by atoms with Crippen LogP contribution in [0.2, 0.25) is 10.0 Å². The number of nitrogens with one attached hydrogen (secondary N) is 1. The molecule has 0 aliphatic rings. The summed E-state index contributed by atoms with van der Waals surface area (Å²) in [4.78, 5) is 27.2. The van der Waals surface area contributed by atoms with Crippen molar-refractivity contribution in [2.75, 3.05) is 39.3 Å². The van der Waals surface area contributed by atoms with E-state index < -0.39 is 11.9 Å². The number of hydrogen-bond acceptors (Lipinski definition) is 5. The third-order valence-corrected chi connectivity index (χ3v) is 5.71. The predicted molar refractivity (Wildman–Crippen MR) is 127 cm³/mol. The summed E-state index contributed by atoms with van der Waals surface area (Å²) in [7, 11) is 3.26. The minimum atomic E-state index is -0.678. The Bertz CT molecular complexity index is 898. The minimum absolute atomic E-state index is 0.198. The molecular weight excluding hydrogens is 459 g/mol. The van der Waals surface area contributed by atoms with E-state index in [1.54, 1.807) is 55.1 Å². The number of para-hydroxylation sites is 2. The molecule has 2 aromatic carbocycles. The Morgan fingerprint density at radius 3 is 2.52 bits per heavy atom. The summed E-state index contributed by atoms with van der Waals surface area (Å²) in [5.41, 5.74) is 0.273. The van der Waals surface area contributed by atoms with Crippen LogP contribution in [-0.4, -0.2) is 62.1 Å². The highest BCUT2D eigenvalue weighted by Gasteiger charge is 2.25. The zero-order valence-electron chi connectivity index (χ0n) is 17.7. The number of hydrogen-bond donors (Lipinski definition) is 1. The van der Waals surface area contributed by atoms with Crippen LogP contribution in [-0.2, 0) is 4.79 Å². The van der Waals surface area contributed by atoms with Gasteiger partial charge < -0.3 is 19.7 Å². The Balaban J connectivity index is 1.99. The molecule has 168 valence electrons. The largest absolute Gasteiger partial charge is 0.493 e. The second-order valence-electron chi connectivity index (χ2n) is 6.69. The molecule has 0 aliphatic heterocycles. The van der Waals surface area contributed by atoms with Crippen LogP contribution in [0.5, 0.6) is 11.5 Å². The lowest BCUT2D eigenvalue weighted by Gasteiger charge is -2.25. The van der Waals surface area contributed by atoms with Crippen molar-refractivity contribution in [3.63, 3.8) is 0 Å². The molecule has 0 heterocycles. The lowest BCUT2D eigenvalue weighted by Crippen LogP contribution is -2.48. The molecule has 6 nitrogen and oxygen atoms in total. The number of carbonyl (C=O) groups excluding carboxylic acids is 2. The van der Waals surface area contributed by atoms with Crippen LogP contribution in [0.25, 0.3) is 0 Å². The van der Waals surface area contributed by atoms with E-state index in [9.17, 15) is 9.59 Å². The third kappa shape index (κ3) is 7.52. The van der Waals surface area contributed by atoms with Gasteiger partial charge in [-0.2, -0.15) is 11.8 Å². The molecular formula is C22H26Cl2N2O4S. The number of rotatable bonds is 11. The van der Waals surface area contributed by atoms with Crippen molar-refractivity contribution in [3.8, 4) is 11.5 Å². The fraction of sp³-hybridized carbons (Fsp3) is 0.364. The maximum Gasteiger partial charge on any atom is 0.253 e. The molecule has 2 rings (SSSR count). The van der Waals surface area contributed by atoms with Crippen LogP contribution in [0.15, 0.2) is 42.5 Å². The monoisotopic (exact) mass is 484 g/mol. The second kappa shape index (κ2) is 12.7. The molecule has 2 aromatic rings. The van der Waals surface area contributed by atoms with E-state index in [4.69, 9.17) is 32.7 Å². The SMILES string of the molecule is COc1ccccc1OCCN(C)C(=O)C(CCSC)NC(=O)c1ccc(Cl)cc1Cl. The lowest BCUT2D eigenvalue weighted by atomic mass is 10.1. The predicted octanol–water partition coefficient (Wildman–Crippen LogP) is 4.39. The van der Waals surface area contributed by atoms with Gasteiger partial charge in [-0.05, 0) is 48.8 Å². The van der Waals surface area contributed by atoms with Gasteiger partial charge in [-0.1, -0.05) is 35.3 Å². The highest BCUT2D eigenvalue weighted by molar-refractivity contribution is 7.98. The molecule has 2 amide bonds. The fourth-order valence-electron chi connectivity index (χ4n) is 2.81. The summed E-state index contributed by atoms with van der Waals surface area (Å²) in [6.07, 6.45) is 2.44. The number of benzene rings is 2. The van der Waals surface area contributed by atoms with Crippen LogP contribution in [0.4, 0.5) is 0 Å². The first-order valence-electron chi connectivity index (χ1n) is 9.63. The van der Waals surface area contributed by atoms with Crippen molar-refractivity contribution in [2.45, 2.75) is 12.5 Å². The summed E-state index contributed by atoms with van der Waals surface area (Å²) < 4.78 is 11.0. The van der Waals surface area contributed by atoms with Crippen LogP contribution in [0.3, 0.4) is 0 Å². The number of nitrogens with zero attached hydrogens (tertiary/aromatic N) is 1. The smallest absolute Gasteiger partial charge is 0.253 e. The van der Waals surface area contributed by atoms with Crippen LogP contribution in [0, 0.1) is 0 Å². The summed E-state index contributed by atoms with van der Waals surface area (Å²) in [6.45, 7) is 0.638. The maximum atomic E-state index is 13.0. The maximum absolute atomic E-state index is 13.0. The lowest BCUT2D eigenvalue weighted by molar-refractivity contribution is -0.132. The molecule has 1 unspecified atom stereocenters. The molecule has 0 saturated heterocycles. The number of carbonyl (C=O) groups is 2. The van der Waals surface area contributed by atoms with E-state index >= 15 is 0 Å². The van der Waals surface area contributed by atoms with Crippen molar-refractivity contribution in [2.24, 2.45) is 0 Å². The zero-order chi connectivity index (χ0) is 22.8. The Morgan fingerprint density at radius 2 is 1.87 bits per heavy atom. The topological polar surface area (TPSA) is 67.9 Å². The molecule has 0 fully saturated rings. The molecule has 31 heavy (non-hydrogen) atoms. The van der Waals surface area contributed by atoms with Crippen LogP contribution < -0.4 is 14.8 Å². The first-order valence-corrected chi connectivity index (χ1v) is 11.8. The fourth-order valence-corrected chi connectivity index (χ4v) is 3.78. The van der Waals surface area contributed by atoms with Gasteiger partial charge in [0.1, 0.15) is 12.6 Å². The van der Waals surface area contributed by atoms with E-state index in [1.165, 1.54) is 6.07 Å². The standard InChI is InChI=1S/C22H26Cl2N2O4S/c1-26(11-12-30-20-7-5-4-6-19(20)29-2)22(28)18(10-13-31-3)25-21(27)16-9-8-15(23)14-17(16)24/h4-9,14,18H,10-13H2,1-3H3,(H,25,27). The second-order valence-corrected chi connectivity index (χ2v) is 8.52. The van der Waals surface area contributed by atoms with Gasteiger partial charge in [-0.15, -0.1) is 0 Å². The molecule has 1 N–H and O–H groups in total. The van der Waals surface area contributed by atoms with Crippen LogP contribution in [0.1, 0.15) is 16.8 Å². The highest BCUT2D eigenvalue weighted by atomic mass is 35.5. The van der Waals surface area contributed by atoms with Gasteiger partial charge in [-0.3, -0.25) is 9.59 Å². The summed E-state index contributed by atoms with van der Waals surface area (Å²) in [5, 5.41) is 3.48. The van der Waals surface area contributed by atoms with E-state index in [0.717, 1.165) is 5.75 Å². The molecule has 0 aromatic heterocycles. The first-order chi connectivity index (χ1) is 14.9. The van der Waals surface area contributed by atoms with Crippen LogP contribution >= 0.6 is 35.0 Å². The number of ether oxygens (including phenoxy) is 2. The number of thioether (sulfide) groups is 1. The molecule has 0 spiro atoms. The Morgan fingerprint density at radius 1 is 1.16 bits per heavy atom. The van der Waals surface area contributed by atoms with Gasteiger partial charge in [0.05, 0.1) is 24.2 Å². The molecule has 0 saturated carbocycles. The van der Waals surface area contributed by atoms with Gasteiger partial charge in [0.15, 0.2) is 11.5 Å². The Kier molecular flexibility index (Phi) is 10.3. The average Bonchev–Trinajstić information content (AvgIpc) is 2.76. The van der Waals surface area contributed by atoms with Crippen molar-refractivity contribution in [1.82, 2.24) is 10.2 Å². The van der Waals surface area contributed by atoms with E-state index in [-0.39, 0.29) is 23.1 Å². The Hall–Kier alpha value is -2.09. The summed E-state index contributed by atoms with van der Waals surface area (Å²) in [6, 6.07) is 11.3. The summed E-state index contributed by atoms with van der Waals surface area (Å²) in [5.74, 6) is 1.34. The molecule has 0 radical (unpaired) electrons. The normalized spacial score (nSPS) is 11.5. The van der Waals surface area contributed by atoms with E-state index in [2.05, 4.69) is 5.32 Å². The number of methoxy groups -OCH3 is 1. The molecule has 1 atom stereocenters. The van der Waals surface area contributed by atoms with E-state index in [0.29, 0.717) is 29.5 Å². The first kappa shape index (κ1) is 25.2. The number of amides is 2. The third-order valence-electron chi connectivity index (χ3n) is 4.52. The zero-order valence-corrected chi connectivity index (χ0v) is 20.0. The average molecular weight is 485 g/mol. The number of halogens is 2. The molecule has 0 aliphatic carbocycles. The summed E-state index contributed by atoms with van der Waals surface area (Å²) >= 11 is 13.6. The van der Waals surface area contributed by atoms with Crippen molar-refractivity contribution >= 4 is 46.8 Å². The van der Waals surface area contributed by atoms with Crippen molar-refractivity contribution in [1.29, 1.82) is 0 Å². The molecule has 9 heteroatoms. The molecule has 0 bridgehead atoms. The van der Waals surface area contributed by atoms with Gasteiger partial charge in [0.2, 0.25) is 5.91 Å². The Labute approximate surface area is 197 Å². The van der Waals surface area contributed by atoms with Crippen molar-refractivity contribution < 1.29 is 19.1 Å². The highest BCUT2D eigenvalue weighted by Crippen LogP contribution is 2.25.